The van der Waals surface area contributed by atoms with Crippen LogP contribution >= 0.6 is 27.3 Å². The number of Topliss-reactive ketones (excluding diaryl/α,β-unsaturated/α-hetero) is 1. The molecule has 3 amide bonds. The van der Waals surface area contributed by atoms with Crippen LogP contribution in [-0.2, 0) is 19.1 Å². The summed E-state index contributed by atoms with van der Waals surface area (Å²) in [7, 11) is 0. The van der Waals surface area contributed by atoms with E-state index in [4.69, 9.17) is 14.5 Å². The third-order valence-corrected chi connectivity index (χ3v) is 13.1. The van der Waals surface area contributed by atoms with Gasteiger partial charge in [0.05, 0.1) is 68.1 Å². The molecule has 64 heavy (non-hydrogen) atoms. The number of pyridine rings is 2. The van der Waals surface area contributed by atoms with Crippen LogP contribution in [0.2, 0.25) is 0 Å². The molecule has 18 nitrogen and oxygen atoms in total. The summed E-state index contributed by atoms with van der Waals surface area (Å²) in [6, 6.07) is 10.6. The fourth-order valence-corrected chi connectivity index (χ4v) is 9.08. The molecule has 0 spiro atoms. The number of thiazole rings is 1. The predicted octanol–water partition coefficient (Wildman–Crippen LogP) is 5.64. The van der Waals surface area contributed by atoms with Crippen molar-refractivity contribution in [3.8, 4) is 0 Å². The lowest BCUT2D eigenvalue weighted by Crippen LogP contribution is -2.49. The Morgan fingerprint density at radius 3 is 2.33 bits per heavy atom. The number of amides is 3. The number of hydrogen-bond donors (Lipinski definition) is 4. The average molecular weight is 959 g/mol. The lowest BCUT2D eigenvalue weighted by molar-refractivity contribution is -0.122. The van der Waals surface area contributed by atoms with Crippen molar-refractivity contribution in [2.45, 2.75) is 58.9 Å². The van der Waals surface area contributed by atoms with Crippen LogP contribution in [0, 0.1) is 13.8 Å². The van der Waals surface area contributed by atoms with Crippen molar-refractivity contribution >= 4 is 90.1 Å². The van der Waals surface area contributed by atoms with E-state index < -0.39 is 0 Å². The average Bonchev–Trinajstić information content (AvgIpc) is 3.92. The number of carbonyl (C=O) groups excluding carboxylic acids is 4. The minimum atomic E-state index is -0.375. The number of aryl methyl sites for hydroxylation is 2. The maximum atomic E-state index is 13.6. The van der Waals surface area contributed by atoms with Crippen LogP contribution in [0.15, 0.2) is 58.2 Å². The largest absolute Gasteiger partial charge is 0.379 e. The standard InChI is InChI=1S/C44H52BrN11O7S/c1-27-33-25-48-43(52-40(33)56(30-8-4-5-9-30)42(61)38(27)28(2)57)50-35-13-12-31(24-47-35)55-18-16-54(17-19-55)26-37(59)46-15-21-63-23-22-62-20-14-36(58)49-34-11-7-6-10-32(34)41(60)53-44-51-39(45)29(3)64-44/h6-7,10-13,24-25,30H,4-5,8-9,14-23,26H2,1-3H3,(H,46,59)(H,49,58)(H,51,53,60)(H,47,48,50,52). The van der Waals surface area contributed by atoms with Gasteiger partial charge in [0.1, 0.15) is 16.1 Å². The van der Waals surface area contributed by atoms with Crippen molar-refractivity contribution in [2.24, 2.45) is 0 Å². The second-order valence-corrected chi connectivity index (χ2v) is 17.6. The smallest absolute Gasteiger partial charge is 0.263 e. The summed E-state index contributed by atoms with van der Waals surface area (Å²) in [4.78, 5) is 87.5. The van der Waals surface area contributed by atoms with Crippen LogP contribution in [0.5, 0.6) is 0 Å². The molecule has 1 aliphatic heterocycles. The van der Waals surface area contributed by atoms with Gasteiger partial charge in [-0.1, -0.05) is 25.0 Å². The van der Waals surface area contributed by atoms with Crippen LogP contribution in [0.3, 0.4) is 0 Å². The number of halogens is 1. The summed E-state index contributed by atoms with van der Waals surface area (Å²) < 4.78 is 13.5. The van der Waals surface area contributed by atoms with E-state index in [9.17, 15) is 24.0 Å². The molecule has 0 unspecified atom stereocenters. The third kappa shape index (κ3) is 11.7. The summed E-state index contributed by atoms with van der Waals surface area (Å²) in [6.45, 7) is 9.74. The number of aromatic nitrogens is 5. The third-order valence-electron chi connectivity index (χ3n) is 11.2. The topological polar surface area (TPSA) is 215 Å². The minimum Gasteiger partial charge on any atom is -0.379 e. The van der Waals surface area contributed by atoms with E-state index in [0.717, 1.165) is 49.3 Å². The van der Waals surface area contributed by atoms with Gasteiger partial charge in [-0.3, -0.25) is 38.8 Å². The first-order valence-electron chi connectivity index (χ1n) is 21.3. The number of benzene rings is 1. The Bertz CT molecular complexity index is 2520. The van der Waals surface area contributed by atoms with Crippen LogP contribution in [0.4, 0.5) is 28.3 Å². The maximum Gasteiger partial charge on any atom is 0.263 e. The Labute approximate surface area is 382 Å². The van der Waals surface area contributed by atoms with Gasteiger partial charge in [0.15, 0.2) is 10.9 Å². The highest BCUT2D eigenvalue weighted by atomic mass is 79.9. The minimum absolute atomic E-state index is 0.00703. The monoisotopic (exact) mass is 957 g/mol. The molecule has 0 bridgehead atoms. The van der Waals surface area contributed by atoms with Crippen molar-refractivity contribution in [1.29, 1.82) is 0 Å². The number of para-hydroxylation sites is 1. The lowest BCUT2D eigenvalue weighted by atomic mass is 10.0. The molecule has 5 aromatic rings. The molecule has 1 saturated carbocycles. The number of nitrogens with zero attached hydrogens (tertiary/aromatic N) is 7. The first kappa shape index (κ1) is 46.3. The molecule has 2 aliphatic rings. The normalized spacial score (nSPS) is 14.5. The highest BCUT2D eigenvalue weighted by molar-refractivity contribution is 9.10. The molecule has 1 aliphatic carbocycles. The molecular formula is C44H52BrN11O7S. The zero-order valence-corrected chi connectivity index (χ0v) is 38.5. The second kappa shape index (κ2) is 21.8. The van der Waals surface area contributed by atoms with Gasteiger partial charge in [0.2, 0.25) is 17.8 Å². The zero-order valence-electron chi connectivity index (χ0n) is 36.1. The number of rotatable bonds is 19. The second-order valence-electron chi connectivity index (χ2n) is 15.6. The fraction of sp³-hybridized carbons (Fsp3) is 0.432. The number of hydrogen-bond acceptors (Lipinski definition) is 15. The number of ketones is 1. The Morgan fingerprint density at radius 2 is 1.62 bits per heavy atom. The zero-order chi connectivity index (χ0) is 45.2. The van der Waals surface area contributed by atoms with Crippen LogP contribution in [0.25, 0.3) is 11.0 Å². The van der Waals surface area contributed by atoms with E-state index in [1.165, 1.54) is 18.3 Å². The van der Waals surface area contributed by atoms with Crippen molar-refractivity contribution in [3.05, 3.63) is 85.3 Å². The predicted molar refractivity (Wildman–Crippen MR) is 249 cm³/mol. The maximum absolute atomic E-state index is 13.6. The molecule has 0 atom stereocenters. The van der Waals surface area contributed by atoms with E-state index in [2.05, 4.69) is 61.9 Å². The molecule has 338 valence electrons. The SMILES string of the molecule is CC(=O)c1c(C)c2cnc(Nc3ccc(N4CCN(CC(=O)NCCOCCOCCC(=O)Nc5ccccc5C(=O)Nc5nc(Br)c(C)s5)CC4)cn3)nc2n(C2CCCC2)c1=O. The first-order valence-corrected chi connectivity index (χ1v) is 22.9. The highest BCUT2D eigenvalue weighted by Crippen LogP contribution is 2.32. The van der Waals surface area contributed by atoms with Crippen molar-refractivity contribution in [2.75, 3.05) is 86.5 Å². The van der Waals surface area contributed by atoms with Gasteiger partial charge in [0, 0.05) is 55.2 Å². The van der Waals surface area contributed by atoms with E-state index >= 15 is 0 Å². The summed E-state index contributed by atoms with van der Waals surface area (Å²) >= 11 is 4.70. The van der Waals surface area contributed by atoms with Crippen LogP contribution < -0.4 is 31.7 Å². The molecule has 4 aromatic heterocycles. The van der Waals surface area contributed by atoms with Crippen molar-refractivity contribution < 1.29 is 28.7 Å². The molecule has 0 radical (unpaired) electrons. The Morgan fingerprint density at radius 1 is 0.875 bits per heavy atom. The highest BCUT2D eigenvalue weighted by Gasteiger charge is 2.26. The van der Waals surface area contributed by atoms with Crippen molar-refractivity contribution in [1.82, 2.24) is 34.7 Å². The summed E-state index contributed by atoms with van der Waals surface area (Å²) in [5.41, 5.74) is 2.70. The van der Waals surface area contributed by atoms with E-state index in [-0.39, 0.29) is 66.8 Å². The lowest BCUT2D eigenvalue weighted by Gasteiger charge is -2.35. The molecular weight excluding hydrogens is 907 g/mol. The molecule has 20 heteroatoms. The Hall–Kier alpha value is -5.67. The van der Waals surface area contributed by atoms with Gasteiger partial charge in [-0.2, -0.15) is 4.98 Å². The van der Waals surface area contributed by atoms with Gasteiger partial charge in [0.25, 0.3) is 11.5 Å². The van der Waals surface area contributed by atoms with Gasteiger partial charge in [-0.15, -0.1) is 11.3 Å². The van der Waals surface area contributed by atoms with Gasteiger partial charge in [-0.05, 0) is 79.4 Å². The molecule has 2 fully saturated rings. The quantitative estimate of drug-likeness (QED) is 0.0583. The summed E-state index contributed by atoms with van der Waals surface area (Å²) in [5, 5.41) is 12.8. The molecule has 5 heterocycles. The number of carbonyl (C=O) groups is 4. The van der Waals surface area contributed by atoms with Gasteiger partial charge < -0.3 is 30.3 Å². The Kier molecular flexibility index (Phi) is 15.8. The molecule has 1 aromatic carbocycles. The summed E-state index contributed by atoms with van der Waals surface area (Å²) in [5.74, 6) is -0.123. The molecule has 1 saturated heterocycles. The fourth-order valence-electron chi connectivity index (χ4n) is 7.84. The van der Waals surface area contributed by atoms with E-state index in [0.29, 0.717) is 82.2 Å². The van der Waals surface area contributed by atoms with Gasteiger partial charge >= 0.3 is 0 Å². The molecule has 4 N–H and O–H groups in total. The number of fused-ring (bicyclic) bond motifs is 1. The number of ether oxygens (including phenoxy) is 2. The Balaban J connectivity index is 0.764. The summed E-state index contributed by atoms with van der Waals surface area (Å²) in [6.07, 6.45) is 7.35. The first-order chi connectivity index (χ1) is 30.9. The number of piperazine rings is 1. The number of anilines is 5. The molecule has 7 rings (SSSR count). The van der Waals surface area contributed by atoms with Crippen LogP contribution in [0.1, 0.15) is 76.2 Å². The van der Waals surface area contributed by atoms with Crippen molar-refractivity contribution in [3.63, 3.8) is 0 Å². The van der Waals surface area contributed by atoms with E-state index in [1.54, 1.807) is 48.1 Å². The number of nitrogens with one attached hydrogen (secondary N) is 4. The van der Waals surface area contributed by atoms with E-state index in [1.807, 2.05) is 19.1 Å². The van der Waals surface area contributed by atoms with Crippen LogP contribution in [-0.4, -0.2) is 119 Å². The van der Waals surface area contributed by atoms with Gasteiger partial charge in [-0.25, -0.2) is 15.0 Å².